The summed E-state index contributed by atoms with van der Waals surface area (Å²) in [6, 6.07) is 0.139. The number of Topliss-reactive ketones (excluding diaryl/α,β-unsaturated/α-hetero) is 1. The molecule has 1 saturated carbocycles. The fourth-order valence-corrected chi connectivity index (χ4v) is 0.803. The molecule has 0 heterocycles. The van der Waals surface area contributed by atoms with Crippen LogP contribution in [0.1, 0.15) is 20.3 Å². The third-order valence-corrected chi connectivity index (χ3v) is 2.11. The van der Waals surface area contributed by atoms with Gasteiger partial charge in [-0.15, -0.1) is 0 Å². The lowest BCUT2D eigenvalue weighted by molar-refractivity contribution is -0.121. The van der Waals surface area contributed by atoms with Gasteiger partial charge in [-0.2, -0.15) is 0 Å². The van der Waals surface area contributed by atoms with Crippen LogP contribution in [-0.2, 0) is 4.79 Å². The van der Waals surface area contributed by atoms with Gasteiger partial charge in [-0.1, -0.05) is 6.92 Å². The molecule has 0 bridgehead atoms. The van der Waals surface area contributed by atoms with Gasteiger partial charge in [-0.3, -0.25) is 4.79 Å². The van der Waals surface area contributed by atoms with Crippen LogP contribution >= 0.6 is 0 Å². The largest absolute Gasteiger partial charge is 0.327 e. The minimum absolute atomic E-state index is 0.139. The summed E-state index contributed by atoms with van der Waals surface area (Å²) in [6.45, 7) is 3.52. The van der Waals surface area contributed by atoms with E-state index in [4.69, 9.17) is 5.73 Å². The van der Waals surface area contributed by atoms with Crippen molar-refractivity contribution in [2.75, 3.05) is 0 Å². The zero-order valence-corrected chi connectivity index (χ0v) is 5.27. The van der Waals surface area contributed by atoms with Crippen LogP contribution in [0.5, 0.6) is 0 Å². The third kappa shape index (κ3) is 0.564. The highest BCUT2D eigenvalue weighted by Crippen LogP contribution is 2.44. The Morgan fingerprint density at radius 3 is 2.25 bits per heavy atom. The summed E-state index contributed by atoms with van der Waals surface area (Å²) in [5.74, 6) is 0.227. The van der Waals surface area contributed by atoms with Crippen molar-refractivity contribution in [3.8, 4) is 0 Å². The molecule has 0 amide bonds. The first-order valence-electron chi connectivity index (χ1n) is 2.84. The van der Waals surface area contributed by atoms with Gasteiger partial charge in [-0.25, -0.2) is 0 Å². The molecule has 0 aliphatic heterocycles. The van der Waals surface area contributed by atoms with Crippen molar-refractivity contribution >= 4 is 5.78 Å². The van der Waals surface area contributed by atoms with E-state index in [9.17, 15) is 4.79 Å². The van der Waals surface area contributed by atoms with E-state index >= 15 is 0 Å². The van der Waals surface area contributed by atoms with E-state index in [1.165, 1.54) is 0 Å². The lowest BCUT2D eigenvalue weighted by atomic mass is 10.1. The van der Waals surface area contributed by atoms with Crippen molar-refractivity contribution in [2.45, 2.75) is 26.3 Å². The van der Waals surface area contributed by atoms with Crippen molar-refractivity contribution < 1.29 is 4.79 Å². The van der Waals surface area contributed by atoms with Gasteiger partial charge >= 0.3 is 0 Å². The molecule has 0 aromatic carbocycles. The van der Waals surface area contributed by atoms with E-state index < -0.39 is 0 Å². The lowest BCUT2D eigenvalue weighted by Gasteiger charge is -1.99. The van der Waals surface area contributed by atoms with Gasteiger partial charge in [0.25, 0.3) is 0 Å². The van der Waals surface area contributed by atoms with Crippen LogP contribution in [0.2, 0.25) is 0 Å². The van der Waals surface area contributed by atoms with E-state index in [2.05, 4.69) is 0 Å². The highest BCUT2D eigenvalue weighted by Gasteiger charge is 2.51. The number of ketones is 1. The van der Waals surface area contributed by atoms with E-state index in [1.54, 1.807) is 6.92 Å². The molecule has 0 aromatic heterocycles. The van der Waals surface area contributed by atoms with Crippen LogP contribution < -0.4 is 5.73 Å². The minimum Gasteiger partial charge on any atom is -0.327 e. The topological polar surface area (TPSA) is 43.1 Å². The van der Waals surface area contributed by atoms with Gasteiger partial charge in [0.1, 0.15) is 5.78 Å². The van der Waals surface area contributed by atoms with Gasteiger partial charge in [0.2, 0.25) is 0 Å². The second kappa shape index (κ2) is 1.32. The second-order valence-corrected chi connectivity index (χ2v) is 2.78. The molecule has 2 atom stereocenters. The molecule has 0 radical (unpaired) electrons. The molecule has 2 heteroatoms. The zero-order chi connectivity index (χ0) is 6.36. The fourth-order valence-electron chi connectivity index (χ4n) is 0.803. The summed E-state index contributed by atoms with van der Waals surface area (Å²) in [5, 5.41) is 0. The van der Waals surface area contributed by atoms with Crippen LogP contribution in [-0.4, -0.2) is 11.8 Å². The Morgan fingerprint density at radius 1 is 1.88 bits per heavy atom. The summed E-state index contributed by atoms with van der Waals surface area (Å²) in [6.07, 6.45) is 0.877. The summed E-state index contributed by atoms with van der Waals surface area (Å²) in [5.41, 5.74) is 5.33. The van der Waals surface area contributed by atoms with Crippen LogP contribution in [0.4, 0.5) is 0 Å². The first kappa shape index (κ1) is 5.76. The first-order valence-corrected chi connectivity index (χ1v) is 2.84. The minimum atomic E-state index is -0.153. The fraction of sp³-hybridized carbons (Fsp3) is 0.833. The van der Waals surface area contributed by atoms with Gasteiger partial charge in [-0.05, 0) is 13.3 Å². The summed E-state index contributed by atoms with van der Waals surface area (Å²) in [7, 11) is 0. The standard InChI is InChI=1S/C6H11NO/c1-4(8)6(2)3-5(6)7/h5H,3,7H2,1-2H3/t5-,6?/m0/s1. The van der Waals surface area contributed by atoms with Crippen LogP contribution in [0.3, 0.4) is 0 Å². The highest BCUT2D eigenvalue weighted by atomic mass is 16.1. The summed E-state index contributed by atoms with van der Waals surface area (Å²) < 4.78 is 0. The average Bonchev–Trinajstić information content (AvgIpc) is 2.17. The van der Waals surface area contributed by atoms with Crippen LogP contribution in [0.25, 0.3) is 0 Å². The van der Waals surface area contributed by atoms with Gasteiger partial charge in [0, 0.05) is 11.5 Å². The smallest absolute Gasteiger partial charge is 0.137 e. The molecular formula is C6H11NO. The number of hydrogen-bond acceptors (Lipinski definition) is 2. The molecule has 0 aromatic rings. The summed E-state index contributed by atoms with van der Waals surface area (Å²) in [4.78, 5) is 10.7. The number of carbonyl (C=O) groups is 1. The third-order valence-electron chi connectivity index (χ3n) is 2.11. The average molecular weight is 113 g/mol. The number of hydrogen-bond donors (Lipinski definition) is 1. The maximum absolute atomic E-state index is 10.7. The molecule has 1 aliphatic carbocycles. The van der Waals surface area contributed by atoms with Crippen LogP contribution in [0, 0.1) is 5.41 Å². The Hall–Kier alpha value is -0.370. The predicted molar refractivity (Wildman–Crippen MR) is 31.4 cm³/mol. The number of carbonyl (C=O) groups excluding carboxylic acids is 1. The van der Waals surface area contributed by atoms with Crippen molar-refractivity contribution in [3.05, 3.63) is 0 Å². The lowest BCUT2D eigenvalue weighted by Crippen LogP contribution is -2.17. The maximum atomic E-state index is 10.7. The molecule has 1 aliphatic rings. The zero-order valence-electron chi connectivity index (χ0n) is 5.27. The highest BCUT2D eigenvalue weighted by molar-refractivity contribution is 5.86. The predicted octanol–water partition coefficient (Wildman–Crippen LogP) is 0.313. The molecule has 1 rings (SSSR count). The monoisotopic (exact) mass is 113 g/mol. The Labute approximate surface area is 49.1 Å². The molecule has 2 nitrogen and oxygen atoms in total. The number of nitrogens with two attached hydrogens (primary N) is 1. The Morgan fingerprint density at radius 2 is 2.25 bits per heavy atom. The molecule has 46 valence electrons. The van der Waals surface area contributed by atoms with Crippen molar-refractivity contribution in [3.63, 3.8) is 0 Å². The van der Waals surface area contributed by atoms with E-state index in [-0.39, 0.29) is 17.2 Å². The molecule has 0 saturated heterocycles. The maximum Gasteiger partial charge on any atom is 0.137 e. The molecule has 8 heavy (non-hydrogen) atoms. The SMILES string of the molecule is CC(=O)C1(C)C[C@@H]1N. The van der Waals surface area contributed by atoms with Gasteiger partial charge in [0.05, 0.1) is 0 Å². The molecule has 1 unspecified atom stereocenters. The Balaban J connectivity index is 2.60. The quantitative estimate of drug-likeness (QED) is 0.532. The van der Waals surface area contributed by atoms with Crippen molar-refractivity contribution in [1.82, 2.24) is 0 Å². The van der Waals surface area contributed by atoms with E-state index in [0.29, 0.717) is 0 Å². The number of rotatable bonds is 1. The molecule has 2 N–H and O–H groups in total. The van der Waals surface area contributed by atoms with Crippen LogP contribution in [0.15, 0.2) is 0 Å². The van der Waals surface area contributed by atoms with E-state index in [1.807, 2.05) is 6.92 Å². The van der Waals surface area contributed by atoms with E-state index in [0.717, 1.165) is 6.42 Å². The van der Waals surface area contributed by atoms with Gasteiger partial charge < -0.3 is 5.73 Å². The first-order chi connectivity index (χ1) is 3.57. The molecular weight excluding hydrogens is 102 g/mol. The normalized spacial score (nSPS) is 44.1. The Kier molecular flexibility index (Phi) is 0.949. The van der Waals surface area contributed by atoms with Crippen molar-refractivity contribution in [2.24, 2.45) is 11.1 Å². The molecule has 1 fully saturated rings. The Bertz CT molecular complexity index is 132. The van der Waals surface area contributed by atoms with Gasteiger partial charge in [0.15, 0.2) is 0 Å². The van der Waals surface area contributed by atoms with Crippen molar-refractivity contribution in [1.29, 1.82) is 0 Å². The summed E-state index contributed by atoms with van der Waals surface area (Å²) >= 11 is 0. The second-order valence-electron chi connectivity index (χ2n) is 2.78. The molecule has 0 spiro atoms.